The minimum atomic E-state index is 0.557. The third-order valence-corrected chi connectivity index (χ3v) is 4.26. The molecule has 1 N–H and O–H groups in total. The zero-order chi connectivity index (χ0) is 13.1. The van der Waals surface area contributed by atoms with E-state index >= 15 is 0 Å². The summed E-state index contributed by atoms with van der Waals surface area (Å²) in [5, 5.41) is 6.58. The Kier molecular flexibility index (Phi) is 3.84. The topological polar surface area (TPSA) is 12.0 Å². The van der Waals surface area contributed by atoms with Crippen LogP contribution in [0, 0.1) is 0 Å². The van der Waals surface area contributed by atoms with Gasteiger partial charge in [-0.2, -0.15) is 0 Å². The van der Waals surface area contributed by atoms with Crippen molar-refractivity contribution in [3.8, 4) is 0 Å². The van der Waals surface area contributed by atoms with Crippen LogP contribution in [-0.2, 0) is 6.42 Å². The van der Waals surface area contributed by atoms with E-state index in [1.165, 1.54) is 42.9 Å². The molecule has 1 aliphatic carbocycles. The van der Waals surface area contributed by atoms with Gasteiger partial charge in [-0.25, -0.2) is 0 Å². The molecular weight excluding hydrogens is 230 g/mol. The van der Waals surface area contributed by atoms with Crippen LogP contribution in [0.1, 0.15) is 49.8 Å². The van der Waals surface area contributed by atoms with E-state index in [0.29, 0.717) is 6.04 Å². The average Bonchev–Trinajstić information content (AvgIpc) is 2.67. The second-order valence-electron chi connectivity index (χ2n) is 5.61. The Morgan fingerprint density at radius 1 is 1.11 bits per heavy atom. The number of hydrogen-bond donors (Lipinski definition) is 1. The highest BCUT2D eigenvalue weighted by Gasteiger charge is 2.19. The first kappa shape index (κ1) is 12.7. The molecule has 1 heteroatoms. The lowest BCUT2D eigenvalue weighted by molar-refractivity contribution is 0.490. The highest BCUT2D eigenvalue weighted by Crippen LogP contribution is 2.33. The Bertz CT molecular complexity index is 559. The van der Waals surface area contributed by atoms with Gasteiger partial charge in [0.25, 0.3) is 0 Å². The predicted octanol–water partition coefficient (Wildman–Crippen LogP) is 4.61. The fourth-order valence-corrected chi connectivity index (χ4v) is 3.29. The lowest BCUT2D eigenvalue weighted by Crippen LogP contribution is -2.22. The molecule has 0 amide bonds. The lowest BCUT2D eigenvalue weighted by Gasteiger charge is -2.20. The third kappa shape index (κ3) is 2.52. The van der Waals surface area contributed by atoms with Crippen LogP contribution in [0.5, 0.6) is 0 Å². The molecule has 3 rings (SSSR count). The Morgan fingerprint density at radius 2 is 2.00 bits per heavy atom. The van der Waals surface area contributed by atoms with Crippen molar-refractivity contribution in [3.63, 3.8) is 0 Å². The molecule has 0 saturated carbocycles. The smallest absolute Gasteiger partial charge is 0.0323 e. The van der Waals surface area contributed by atoms with Crippen LogP contribution in [0.15, 0.2) is 36.4 Å². The van der Waals surface area contributed by atoms with Gasteiger partial charge in [0.2, 0.25) is 0 Å². The molecule has 1 atom stereocenters. The first-order valence-electron chi connectivity index (χ1n) is 7.64. The SMILES string of the molecule is CCCNC1CCCCc2c1ccc1ccccc21. The van der Waals surface area contributed by atoms with Gasteiger partial charge in [-0.1, -0.05) is 49.7 Å². The molecule has 0 fully saturated rings. The van der Waals surface area contributed by atoms with Crippen LogP contribution in [0.2, 0.25) is 0 Å². The molecule has 0 aromatic heterocycles. The van der Waals surface area contributed by atoms with Gasteiger partial charge < -0.3 is 5.32 Å². The number of aryl methyl sites for hydroxylation is 1. The molecule has 1 aliphatic rings. The first-order chi connectivity index (χ1) is 9.40. The number of hydrogen-bond acceptors (Lipinski definition) is 1. The Hall–Kier alpha value is -1.34. The molecular formula is C18H23N. The number of fused-ring (bicyclic) bond motifs is 3. The number of nitrogens with one attached hydrogen (secondary N) is 1. The summed E-state index contributed by atoms with van der Waals surface area (Å²) in [5.41, 5.74) is 3.13. The second-order valence-corrected chi connectivity index (χ2v) is 5.61. The van der Waals surface area contributed by atoms with Gasteiger partial charge in [0.05, 0.1) is 0 Å². The minimum absolute atomic E-state index is 0.557. The van der Waals surface area contributed by atoms with E-state index in [0.717, 1.165) is 6.54 Å². The standard InChI is InChI=1S/C18H23N/c1-2-13-19-18-10-6-5-9-16-15-8-4-3-7-14(15)11-12-17(16)18/h3-4,7-8,11-12,18-19H,2,5-6,9-10,13H2,1H3. The summed E-state index contributed by atoms with van der Waals surface area (Å²) in [6.07, 6.45) is 6.39. The zero-order valence-corrected chi connectivity index (χ0v) is 11.8. The van der Waals surface area contributed by atoms with Crippen molar-refractivity contribution in [2.24, 2.45) is 0 Å². The summed E-state index contributed by atoms with van der Waals surface area (Å²) in [4.78, 5) is 0. The summed E-state index contributed by atoms with van der Waals surface area (Å²) in [7, 11) is 0. The van der Waals surface area contributed by atoms with Crippen molar-refractivity contribution >= 4 is 10.8 Å². The van der Waals surface area contributed by atoms with Gasteiger partial charge in [-0.05, 0) is 54.1 Å². The van der Waals surface area contributed by atoms with Crippen LogP contribution in [0.4, 0.5) is 0 Å². The van der Waals surface area contributed by atoms with Crippen LogP contribution in [0.25, 0.3) is 10.8 Å². The Morgan fingerprint density at radius 3 is 2.89 bits per heavy atom. The summed E-state index contributed by atoms with van der Waals surface area (Å²) in [6, 6.07) is 14.0. The molecule has 0 aliphatic heterocycles. The fraction of sp³-hybridized carbons (Fsp3) is 0.444. The number of rotatable bonds is 3. The van der Waals surface area contributed by atoms with Crippen molar-refractivity contribution in [2.75, 3.05) is 6.54 Å². The molecule has 1 unspecified atom stereocenters. The predicted molar refractivity (Wildman–Crippen MR) is 82.5 cm³/mol. The average molecular weight is 253 g/mol. The fourth-order valence-electron chi connectivity index (χ4n) is 3.29. The Balaban J connectivity index is 2.06. The summed E-state index contributed by atoms with van der Waals surface area (Å²) < 4.78 is 0. The van der Waals surface area contributed by atoms with Crippen LogP contribution < -0.4 is 5.32 Å². The molecule has 0 saturated heterocycles. The molecule has 0 bridgehead atoms. The van der Waals surface area contributed by atoms with E-state index in [1.807, 2.05) is 0 Å². The van der Waals surface area contributed by atoms with E-state index in [9.17, 15) is 0 Å². The molecule has 19 heavy (non-hydrogen) atoms. The van der Waals surface area contributed by atoms with Gasteiger partial charge in [0, 0.05) is 6.04 Å². The van der Waals surface area contributed by atoms with E-state index in [2.05, 4.69) is 48.6 Å². The highest BCUT2D eigenvalue weighted by atomic mass is 14.9. The molecule has 1 nitrogen and oxygen atoms in total. The quantitative estimate of drug-likeness (QED) is 0.788. The maximum atomic E-state index is 3.73. The van der Waals surface area contributed by atoms with Gasteiger partial charge >= 0.3 is 0 Å². The monoisotopic (exact) mass is 253 g/mol. The van der Waals surface area contributed by atoms with E-state index in [-0.39, 0.29) is 0 Å². The molecule has 0 spiro atoms. The van der Waals surface area contributed by atoms with Crippen molar-refractivity contribution in [3.05, 3.63) is 47.5 Å². The van der Waals surface area contributed by atoms with Crippen molar-refractivity contribution < 1.29 is 0 Å². The van der Waals surface area contributed by atoms with Gasteiger partial charge in [0.1, 0.15) is 0 Å². The summed E-state index contributed by atoms with van der Waals surface area (Å²) >= 11 is 0. The highest BCUT2D eigenvalue weighted by molar-refractivity contribution is 5.87. The molecule has 0 radical (unpaired) electrons. The van der Waals surface area contributed by atoms with E-state index < -0.39 is 0 Å². The van der Waals surface area contributed by atoms with Crippen molar-refractivity contribution in [2.45, 2.75) is 45.1 Å². The third-order valence-electron chi connectivity index (χ3n) is 4.26. The normalized spacial score (nSPS) is 19.1. The summed E-state index contributed by atoms with van der Waals surface area (Å²) in [5.74, 6) is 0. The van der Waals surface area contributed by atoms with Gasteiger partial charge in [-0.3, -0.25) is 0 Å². The molecule has 2 aromatic carbocycles. The first-order valence-corrected chi connectivity index (χ1v) is 7.64. The maximum absolute atomic E-state index is 3.73. The second kappa shape index (κ2) is 5.75. The van der Waals surface area contributed by atoms with Gasteiger partial charge in [0.15, 0.2) is 0 Å². The molecule has 2 aromatic rings. The van der Waals surface area contributed by atoms with E-state index in [1.54, 1.807) is 11.1 Å². The minimum Gasteiger partial charge on any atom is -0.310 e. The van der Waals surface area contributed by atoms with Crippen LogP contribution in [-0.4, -0.2) is 6.54 Å². The van der Waals surface area contributed by atoms with Gasteiger partial charge in [-0.15, -0.1) is 0 Å². The zero-order valence-electron chi connectivity index (χ0n) is 11.8. The molecule has 0 heterocycles. The maximum Gasteiger partial charge on any atom is 0.0323 e. The number of benzene rings is 2. The van der Waals surface area contributed by atoms with E-state index in [4.69, 9.17) is 0 Å². The summed E-state index contributed by atoms with van der Waals surface area (Å²) in [6.45, 7) is 3.36. The largest absolute Gasteiger partial charge is 0.310 e. The van der Waals surface area contributed by atoms with Crippen molar-refractivity contribution in [1.82, 2.24) is 5.32 Å². The Labute approximate surface area is 116 Å². The van der Waals surface area contributed by atoms with Crippen molar-refractivity contribution in [1.29, 1.82) is 0 Å². The lowest BCUT2D eigenvalue weighted by atomic mass is 9.93. The molecule has 100 valence electrons. The van der Waals surface area contributed by atoms with Crippen LogP contribution in [0.3, 0.4) is 0 Å². The van der Waals surface area contributed by atoms with Crippen LogP contribution >= 0.6 is 0 Å².